The number of nitrogens with one attached hydrogen (secondary N) is 1. The smallest absolute Gasteiger partial charge is 0.357 e. The van der Waals surface area contributed by atoms with Gasteiger partial charge < -0.3 is 14.4 Å². The van der Waals surface area contributed by atoms with Gasteiger partial charge in [-0.25, -0.2) is 4.79 Å². The monoisotopic (exact) mass is 238 g/mol. The van der Waals surface area contributed by atoms with Gasteiger partial charge >= 0.3 is 5.97 Å². The van der Waals surface area contributed by atoms with Gasteiger partial charge in [0.1, 0.15) is 6.26 Å². The Morgan fingerprint density at radius 3 is 3.00 bits per heavy atom. The third-order valence-corrected chi connectivity index (χ3v) is 2.08. The van der Waals surface area contributed by atoms with E-state index >= 15 is 0 Å². The second-order valence-corrected chi connectivity index (χ2v) is 3.16. The molecule has 0 saturated carbocycles. The second kappa shape index (κ2) is 4.60. The molecule has 0 amide bonds. The van der Waals surface area contributed by atoms with Crippen molar-refractivity contribution in [3.05, 3.63) is 17.8 Å². The van der Waals surface area contributed by atoms with Gasteiger partial charge in [0.15, 0.2) is 11.5 Å². The van der Waals surface area contributed by atoms with Crippen LogP contribution in [0.5, 0.6) is 0 Å². The van der Waals surface area contributed by atoms with E-state index in [1.807, 2.05) is 6.92 Å². The van der Waals surface area contributed by atoms with Crippen molar-refractivity contribution in [2.75, 3.05) is 11.4 Å². The Hall–Kier alpha value is -2.45. The molecule has 0 aliphatic rings. The largest absolute Gasteiger partial charge is 0.476 e. The Bertz CT molecular complexity index is 493. The van der Waals surface area contributed by atoms with Crippen LogP contribution in [0.3, 0.4) is 0 Å². The van der Waals surface area contributed by atoms with E-state index in [2.05, 4.69) is 25.6 Å². The standard InChI is InChI=1S/C8H10N6O3/c1-2-14(3-6-10-12-13-11-6)8-9-5(4-17-8)7(15)16/h4H,2-3H2,1H3,(H,15,16)(H,10,11,12,13). The van der Waals surface area contributed by atoms with Gasteiger partial charge in [0.2, 0.25) is 0 Å². The van der Waals surface area contributed by atoms with Crippen molar-refractivity contribution in [2.45, 2.75) is 13.5 Å². The van der Waals surface area contributed by atoms with Crippen LogP contribution in [0.1, 0.15) is 23.2 Å². The van der Waals surface area contributed by atoms with Gasteiger partial charge in [-0.05, 0) is 6.92 Å². The van der Waals surface area contributed by atoms with E-state index in [-0.39, 0.29) is 11.7 Å². The highest BCUT2D eigenvalue weighted by atomic mass is 16.4. The maximum absolute atomic E-state index is 10.7. The molecule has 90 valence electrons. The van der Waals surface area contributed by atoms with Crippen molar-refractivity contribution >= 4 is 12.0 Å². The van der Waals surface area contributed by atoms with Gasteiger partial charge in [0.05, 0.1) is 6.54 Å². The summed E-state index contributed by atoms with van der Waals surface area (Å²) in [6, 6.07) is 0.217. The molecule has 0 unspecified atom stereocenters. The molecule has 0 fully saturated rings. The number of hydrogen-bond donors (Lipinski definition) is 2. The Kier molecular flexibility index (Phi) is 2.99. The number of carboxylic acids is 1. The number of nitrogens with zero attached hydrogens (tertiary/aromatic N) is 5. The van der Waals surface area contributed by atoms with Crippen LogP contribution in [-0.4, -0.2) is 43.2 Å². The van der Waals surface area contributed by atoms with Gasteiger partial charge in [0, 0.05) is 6.54 Å². The van der Waals surface area contributed by atoms with Crippen LogP contribution in [0.25, 0.3) is 0 Å². The minimum Gasteiger partial charge on any atom is -0.476 e. The van der Waals surface area contributed by atoms with Crippen LogP contribution in [-0.2, 0) is 6.54 Å². The zero-order valence-electron chi connectivity index (χ0n) is 8.99. The van der Waals surface area contributed by atoms with E-state index < -0.39 is 5.97 Å². The van der Waals surface area contributed by atoms with Gasteiger partial charge in [-0.3, -0.25) is 0 Å². The summed E-state index contributed by atoms with van der Waals surface area (Å²) in [5.74, 6) is -0.655. The summed E-state index contributed by atoms with van der Waals surface area (Å²) in [7, 11) is 0. The SMILES string of the molecule is CCN(Cc1nn[nH]n1)c1nc(C(=O)O)co1. The minimum atomic E-state index is -1.13. The Morgan fingerprint density at radius 1 is 1.65 bits per heavy atom. The first-order valence-electron chi connectivity index (χ1n) is 4.86. The van der Waals surface area contributed by atoms with Crippen LogP contribution in [0, 0.1) is 0 Å². The van der Waals surface area contributed by atoms with Crippen LogP contribution < -0.4 is 4.90 Å². The molecular weight excluding hydrogens is 228 g/mol. The fourth-order valence-electron chi connectivity index (χ4n) is 1.24. The Morgan fingerprint density at radius 2 is 2.47 bits per heavy atom. The van der Waals surface area contributed by atoms with E-state index in [1.54, 1.807) is 4.90 Å². The summed E-state index contributed by atoms with van der Waals surface area (Å²) in [4.78, 5) is 16.2. The quantitative estimate of drug-likeness (QED) is 0.741. The Balaban J connectivity index is 2.14. The number of rotatable bonds is 5. The molecule has 17 heavy (non-hydrogen) atoms. The number of hydrogen-bond acceptors (Lipinski definition) is 7. The van der Waals surface area contributed by atoms with Crippen LogP contribution in [0.4, 0.5) is 6.01 Å². The van der Waals surface area contributed by atoms with Crippen LogP contribution in [0.2, 0.25) is 0 Å². The number of oxazole rings is 1. The van der Waals surface area contributed by atoms with Gasteiger partial charge in [0.25, 0.3) is 6.01 Å². The molecule has 2 N–H and O–H groups in total. The van der Waals surface area contributed by atoms with Crippen molar-refractivity contribution in [3.8, 4) is 0 Å². The van der Waals surface area contributed by atoms with Gasteiger partial charge in [-0.2, -0.15) is 10.2 Å². The fourth-order valence-corrected chi connectivity index (χ4v) is 1.24. The highest BCUT2D eigenvalue weighted by Crippen LogP contribution is 2.14. The average molecular weight is 238 g/mol. The number of tetrazole rings is 1. The fraction of sp³-hybridized carbons (Fsp3) is 0.375. The molecule has 0 aliphatic heterocycles. The van der Waals surface area contributed by atoms with Crippen LogP contribution >= 0.6 is 0 Å². The van der Waals surface area contributed by atoms with E-state index in [9.17, 15) is 4.79 Å². The van der Waals surface area contributed by atoms with Crippen molar-refractivity contribution < 1.29 is 14.3 Å². The van der Waals surface area contributed by atoms with Gasteiger partial charge in [-0.15, -0.1) is 10.2 Å². The molecule has 9 nitrogen and oxygen atoms in total. The van der Waals surface area contributed by atoms with Crippen molar-refractivity contribution in [1.82, 2.24) is 25.6 Å². The zero-order valence-corrected chi connectivity index (χ0v) is 8.99. The summed E-state index contributed by atoms with van der Waals surface area (Å²) in [5, 5.41) is 22.1. The van der Waals surface area contributed by atoms with Crippen molar-refractivity contribution in [1.29, 1.82) is 0 Å². The molecule has 0 radical (unpaired) electrons. The molecule has 2 aromatic rings. The number of aromatic carboxylic acids is 1. The van der Waals surface area contributed by atoms with Crippen molar-refractivity contribution in [3.63, 3.8) is 0 Å². The molecule has 0 bridgehead atoms. The third-order valence-electron chi connectivity index (χ3n) is 2.08. The number of anilines is 1. The highest BCUT2D eigenvalue weighted by Gasteiger charge is 2.16. The van der Waals surface area contributed by atoms with E-state index in [1.165, 1.54) is 0 Å². The molecule has 2 rings (SSSR count). The lowest BCUT2D eigenvalue weighted by atomic mass is 10.5. The molecule has 0 aliphatic carbocycles. The minimum absolute atomic E-state index is 0.133. The van der Waals surface area contributed by atoms with Crippen LogP contribution in [0.15, 0.2) is 10.7 Å². The number of aromatic amines is 1. The summed E-state index contributed by atoms with van der Waals surface area (Å²) < 4.78 is 5.08. The summed E-state index contributed by atoms with van der Waals surface area (Å²) in [6.07, 6.45) is 1.09. The van der Waals surface area contributed by atoms with E-state index in [4.69, 9.17) is 9.52 Å². The normalized spacial score (nSPS) is 10.4. The van der Waals surface area contributed by atoms with E-state index in [0.29, 0.717) is 18.9 Å². The number of carbonyl (C=O) groups is 1. The molecule has 2 aromatic heterocycles. The number of aromatic nitrogens is 5. The molecule has 0 aromatic carbocycles. The molecule has 9 heteroatoms. The zero-order chi connectivity index (χ0) is 12.3. The average Bonchev–Trinajstić information content (AvgIpc) is 2.96. The Labute approximate surface area is 95.5 Å². The first-order chi connectivity index (χ1) is 8.20. The summed E-state index contributed by atoms with van der Waals surface area (Å²) >= 11 is 0. The lowest BCUT2D eigenvalue weighted by Gasteiger charge is -2.15. The molecule has 0 saturated heterocycles. The summed E-state index contributed by atoms with van der Waals surface area (Å²) in [6.45, 7) is 2.80. The number of H-pyrrole nitrogens is 1. The van der Waals surface area contributed by atoms with Gasteiger partial charge in [-0.1, -0.05) is 5.21 Å². The lowest BCUT2D eigenvalue weighted by Crippen LogP contribution is -2.23. The predicted octanol–water partition coefficient (Wildman–Crippen LogP) is -0.0876. The topological polar surface area (TPSA) is 121 Å². The van der Waals surface area contributed by atoms with Crippen molar-refractivity contribution in [2.24, 2.45) is 0 Å². The highest BCUT2D eigenvalue weighted by molar-refractivity contribution is 5.85. The first-order valence-corrected chi connectivity index (χ1v) is 4.86. The molecule has 2 heterocycles. The number of carboxylic acid groups (broad SMARTS) is 1. The second-order valence-electron chi connectivity index (χ2n) is 3.16. The molecule has 0 spiro atoms. The molecular formula is C8H10N6O3. The summed E-state index contributed by atoms with van der Waals surface area (Å²) in [5.41, 5.74) is -0.133. The lowest BCUT2D eigenvalue weighted by molar-refractivity contribution is 0.0690. The third kappa shape index (κ3) is 2.38. The molecule has 0 atom stereocenters. The maximum atomic E-state index is 10.7. The maximum Gasteiger partial charge on any atom is 0.357 e. The predicted molar refractivity (Wildman–Crippen MR) is 54.4 cm³/mol. The van der Waals surface area contributed by atoms with E-state index in [0.717, 1.165) is 6.26 Å². The first kappa shape index (κ1) is 11.0.